The first kappa shape index (κ1) is 18.2. The van der Waals surface area contributed by atoms with Crippen LogP contribution in [0.25, 0.3) is 10.9 Å². The molecule has 1 aromatic heterocycles. The number of thioether (sulfide) groups is 1. The summed E-state index contributed by atoms with van der Waals surface area (Å²) in [5.41, 5.74) is 4.17. The Morgan fingerprint density at radius 3 is 2.62 bits per heavy atom. The number of nitrogens with one attached hydrogen (secondary N) is 1. The Kier molecular flexibility index (Phi) is 4.96. The number of hydrogen-bond donors (Lipinski definition) is 2. The van der Waals surface area contributed by atoms with Crippen LogP contribution >= 0.6 is 11.8 Å². The van der Waals surface area contributed by atoms with Gasteiger partial charge in [0, 0.05) is 50.9 Å². The smallest absolute Gasteiger partial charge is 0.226 e. The van der Waals surface area contributed by atoms with Gasteiger partial charge in [-0.1, -0.05) is 66.7 Å². The number of hydrogen-bond acceptors (Lipinski definition) is 2. The van der Waals surface area contributed by atoms with Crippen molar-refractivity contribution in [1.82, 2.24) is 4.98 Å². The minimum atomic E-state index is -0.267. The highest BCUT2D eigenvalue weighted by molar-refractivity contribution is 7.99. The van der Waals surface area contributed by atoms with E-state index in [9.17, 15) is 4.79 Å². The largest absolute Gasteiger partial charge is 0.360 e. The van der Waals surface area contributed by atoms with Gasteiger partial charge in [0.2, 0.25) is 5.78 Å². The van der Waals surface area contributed by atoms with Crippen LogP contribution in [0.1, 0.15) is 40.0 Å². The molecule has 29 heavy (non-hydrogen) atoms. The van der Waals surface area contributed by atoms with Gasteiger partial charge in [-0.3, -0.25) is 4.79 Å². The number of Topliss-reactive ketones (excluding diaryl/α,β-unsaturated/α-hetero) is 1. The molecule has 3 N–H and O–H groups in total. The SMILES string of the molecule is O=C(c1c[nH]c2ccccc12)[C@@H]([NH2+][C@H]1CCSc2ccccc21)c1ccccc1. The molecular formula is C25H23N2OS+. The Labute approximate surface area is 174 Å². The van der Waals surface area contributed by atoms with Crippen molar-refractivity contribution in [2.45, 2.75) is 23.4 Å². The molecule has 1 aliphatic rings. The third-order valence-corrected chi connectivity index (χ3v) is 6.85. The van der Waals surface area contributed by atoms with Crippen molar-refractivity contribution in [1.29, 1.82) is 0 Å². The van der Waals surface area contributed by atoms with Crippen molar-refractivity contribution in [2.75, 3.05) is 5.75 Å². The van der Waals surface area contributed by atoms with E-state index in [0.717, 1.165) is 34.2 Å². The molecule has 0 amide bonds. The van der Waals surface area contributed by atoms with Gasteiger partial charge in [0.1, 0.15) is 6.04 Å². The van der Waals surface area contributed by atoms with Gasteiger partial charge in [-0.05, 0) is 12.1 Å². The van der Waals surface area contributed by atoms with E-state index in [4.69, 9.17) is 0 Å². The third-order valence-electron chi connectivity index (χ3n) is 5.73. The number of carbonyl (C=O) groups is 1. The molecule has 2 heterocycles. The van der Waals surface area contributed by atoms with E-state index in [1.165, 1.54) is 10.5 Å². The Hall–Kier alpha value is -2.82. The van der Waals surface area contributed by atoms with E-state index in [0.29, 0.717) is 0 Å². The zero-order valence-corrected chi connectivity index (χ0v) is 16.9. The zero-order chi connectivity index (χ0) is 19.6. The maximum absolute atomic E-state index is 13.7. The number of aromatic nitrogens is 1. The van der Waals surface area contributed by atoms with Crippen molar-refractivity contribution in [3.8, 4) is 0 Å². The topological polar surface area (TPSA) is 49.5 Å². The third kappa shape index (κ3) is 3.50. The molecule has 0 aliphatic carbocycles. The van der Waals surface area contributed by atoms with Crippen LogP contribution in [-0.4, -0.2) is 16.5 Å². The number of aromatic amines is 1. The molecule has 0 radical (unpaired) electrons. The molecule has 3 aromatic carbocycles. The summed E-state index contributed by atoms with van der Waals surface area (Å²) in [5, 5.41) is 3.27. The van der Waals surface area contributed by atoms with Crippen LogP contribution in [0.3, 0.4) is 0 Å². The summed E-state index contributed by atoms with van der Waals surface area (Å²) in [5.74, 6) is 1.24. The number of benzene rings is 3. The number of carbonyl (C=O) groups excluding carboxylic acids is 1. The van der Waals surface area contributed by atoms with E-state index in [1.54, 1.807) is 0 Å². The first-order valence-corrected chi connectivity index (χ1v) is 11.0. The first-order valence-electron chi connectivity index (χ1n) is 10.0. The molecule has 4 aromatic rings. The van der Waals surface area contributed by atoms with E-state index >= 15 is 0 Å². The standard InChI is InChI=1S/C25H22N2OS/c28-25(20-16-26-21-12-6-4-10-18(20)21)24(17-8-2-1-3-9-17)27-22-14-15-29-23-13-7-5-11-19(22)23/h1-13,16,22,24,26-27H,14-15H2/p+1/t22-,24-/m0/s1. The van der Waals surface area contributed by atoms with Gasteiger partial charge in [-0.2, -0.15) is 0 Å². The fourth-order valence-electron chi connectivity index (χ4n) is 4.26. The van der Waals surface area contributed by atoms with Crippen LogP contribution in [0.2, 0.25) is 0 Å². The van der Waals surface area contributed by atoms with Gasteiger partial charge in [-0.25, -0.2) is 0 Å². The first-order chi connectivity index (χ1) is 14.3. The summed E-state index contributed by atoms with van der Waals surface area (Å²) in [6.07, 6.45) is 2.92. The number of fused-ring (bicyclic) bond motifs is 2. The molecule has 0 fully saturated rings. The monoisotopic (exact) mass is 399 g/mol. The Morgan fingerprint density at radius 1 is 0.966 bits per heavy atom. The molecule has 2 atom stereocenters. The fourth-order valence-corrected chi connectivity index (χ4v) is 5.41. The Balaban J connectivity index is 1.54. The molecule has 1 aliphatic heterocycles. The number of rotatable bonds is 5. The Morgan fingerprint density at radius 2 is 1.72 bits per heavy atom. The summed E-state index contributed by atoms with van der Waals surface area (Å²) in [7, 11) is 0. The fraction of sp³-hybridized carbons (Fsp3) is 0.160. The second-order valence-corrected chi connectivity index (χ2v) is 8.61. The summed E-state index contributed by atoms with van der Waals surface area (Å²) in [6.45, 7) is 0. The van der Waals surface area contributed by atoms with Crippen LogP contribution in [0.15, 0.2) is 90.0 Å². The van der Waals surface area contributed by atoms with Crippen molar-refractivity contribution in [3.63, 3.8) is 0 Å². The molecule has 0 saturated heterocycles. The summed E-state index contributed by atoms with van der Waals surface area (Å²) < 4.78 is 0. The maximum Gasteiger partial charge on any atom is 0.226 e. The van der Waals surface area contributed by atoms with Gasteiger partial charge in [0.15, 0.2) is 6.04 Å². The predicted molar refractivity (Wildman–Crippen MR) is 118 cm³/mol. The minimum absolute atomic E-state index is 0.157. The highest BCUT2D eigenvalue weighted by atomic mass is 32.2. The average Bonchev–Trinajstić information content (AvgIpc) is 3.22. The van der Waals surface area contributed by atoms with E-state index in [-0.39, 0.29) is 17.9 Å². The number of nitrogens with two attached hydrogens (primary N) is 1. The van der Waals surface area contributed by atoms with Crippen molar-refractivity contribution in [2.24, 2.45) is 0 Å². The molecule has 0 bridgehead atoms. The predicted octanol–water partition coefficient (Wildman–Crippen LogP) is 4.89. The van der Waals surface area contributed by atoms with Gasteiger partial charge in [0.05, 0.1) is 0 Å². The molecule has 3 nitrogen and oxygen atoms in total. The normalized spacial score (nSPS) is 17.0. The number of para-hydroxylation sites is 1. The number of quaternary nitrogens is 1. The highest BCUT2D eigenvalue weighted by Gasteiger charge is 2.33. The molecular weight excluding hydrogens is 376 g/mol. The van der Waals surface area contributed by atoms with Crippen LogP contribution in [0.5, 0.6) is 0 Å². The lowest BCUT2D eigenvalue weighted by molar-refractivity contribution is -0.721. The minimum Gasteiger partial charge on any atom is -0.360 e. The van der Waals surface area contributed by atoms with Crippen LogP contribution in [0, 0.1) is 0 Å². The van der Waals surface area contributed by atoms with Gasteiger partial charge < -0.3 is 10.3 Å². The van der Waals surface area contributed by atoms with Gasteiger partial charge in [0.25, 0.3) is 0 Å². The lowest BCUT2D eigenvalue weighted by Crippen LogP contribution is -2.88. The molecule has 0 unspecified atom stereocenters. The van der Waals surface area contributed by atoms with E-state index in [1.807, 2.05) is 60.4 Å². The zero-order valence-electron chi connectivity index (χ0n) is 16.0. The summed E-state index contributed by atoms with van der Waals surface area (Å²) >= 11 is 1.91. The van der Waals surface area contributed by atoms with E-state index in [2.05, 4.69) is 46.7 Å². The molecule has 0 spiro atoms. The molecule has 4 heteroatoms. The van der Waals surface area contributed by atoms with Crippen LogP contribution < -0.4 is 5.32 Å². The lowest BCUT2D eigenvalue weighted by atomic mass is 9.94. The average molecular weight is 400 g/mol. The summed E-state index contributed by atoms with van der Waals surface area (Å²) in [6, 6.07) is 26.8. The molecule has 5 rings (SSSR count). The van der Waals surface area contributed by atoms with Gasteiger partial charge >= 0.3 is 0 Å². The molecule has 0 saturated carbocycles. The maximum atomic E-state index is 13.7. The van der Waals surface area contributed by atoms with Crippen molar-refractivity contribution >= 4 is 28.4 Å². The van der Waals surface area contributed by atoms with E-state index < -0.39 is 0 Å². The second kappa shape index (κ2) is 7.90. The van der Waals surface area contributed by atoms with Crippen molar-refractivity contribution in [3.05, 3.63) is 102 Å². The van der Waals surface area contributed by atoms with Crippen LogP contribution in [-0.2, 0) is 0 Å². The second-order valence-electron chi connectivity index (χ2n) is 7.47. The lowest BCUT2D eigenvalue weighted by Gasteiger charge is -2.27. The number of ketones is 1. The quantitative estimate of drug-likeness (QED) is 0.469. The van der Waals surface area contributed by atoms with Crippen LogP contribution in [0.4, 0.5) is 0 Å². The highest BCUT2D eigenvalue weighted by Crippen LogP contribution is 2.34. The Bertz CT molecular complexity index is 1150. The summed E-state index contributed by atoms with van der Waals surface area (Å²) in [4.78, 5) is 18.3. The van der Waals surface area contributed by atoms with Gasteiger partial charge in [-0.15, -0.1) is 11.8 Å². The van der Waals surface area contributed by atoms with Crippen molar-refractivity contribution < 1.29 is 10.1 Å². The molecule has 144 valence electrons. The number of H-pyrrole nitrogens is 1.